The van der Waals surface area contributed by atoms with Crippen LogP contribution in [0.4, 0.5) is 11.5 Å². The Morgan fingerprint density at radius 2 is 2.15 bits per heavy atom. The summed E-state index contributed by atoms with van der Waals surface area (Å²) in [6.07, 6.45) is 1.98. The van der Waals surface area contributed by atoms with Crippen LogP contribution in [0.5, 0.6) is 0 Å². The normalized spacial score (nSPS) is 18.1. The highest BCUT2D eigenvalue weighted by molar-refractivity contribution is 7.91. The number of benzene rings is 1. The maximum Gasteiger partial charge on any atom is 0.254 e. The molecule has 134 valence electrons. The lowest BCUT2D eigenvalue weighted by Gasteiger charge is -2.23. The van der Waals surface area contributed by atoms with E-state index in [1.165, 1.54) is 11.1 Å². The third kappa shape index (κ3) is 4.00. The Morgan fingerprint density at radius 3 is 2.85 bits per heavy atom. The van der Waals surface area contributed by atoms with E-state index in [1.807, 2.05) is 0 Å². The monoisotopic (exact) mass is 370 g/mol. The molecule has 1 fully saturated rings. The molecule has 2 heterocycles. The van der Waals surface area contributed by atoms with Gasteiger partial charge in [0.1, 0.15) is 5.82 Å². The number of nitrogens with one attached hydrogen (secondary N) is 1. The van der Waals surface area contributed by atoms with Crippen LogP contribution in [-0.2, 0) is 9.84 Å². The van der Waals surface area contributed by atoms with Crippen molar-refractivity contribution < 1.29 is 13.2 Å². The van der Waals surface area contributed by atoms with E-state index in [9.17, 15) is 13.2 Å². The molecule has 1 aliphatic heterocycles. The van der Waals surface area contributed by atoms with Crippen molar-refractivity contribution >= 4 is 27.2 Å². The molecule has 1 N–H and O–H groups in total. The van der Waals surface area contributed by atoms with E-state index in [4.69, 9.17) is 5.26 Å². The Labute approximate surface area is 152 Å². The van der Waals surface area contributed by atoms with Gasteiger partial charge < -0.3 is 10.2 Å². The maximum absolute atomic E-state index is 12.7. The van der Waals surface area contributed by atoms with Crippen LogP contribution in [0.15, 0.2) is 42.6 Å². The van der Waals surface area contributed by atoms with Crippen molar-refractivity contribution in [2.45, 2.75) is 12.5 Å². The van der Waals surface area contributed by atoms with Gasteiger partial charge in [-0.05, 0) is 36.8 Å². The Bertz CT molecular complexity index is 982. The molecule has 8 heteroatoms. The molecular weight excluding hydrogens is 352 g/mol. The number of pyridine rings is 1. The number of nitriles is 1. The molecule has 26 heavy (non-hydrogen) atoms. The van der Waals surface area contributed by atoms with Gasteiger partial charge in [0, 0.05) is 30.5 Å². The molecular formula is C18H18N4O3S. The Kier molecular flexibility index (Phi) is 4.91. The Morgan fingerprint density at radius 1 is 1.35 bits per heavy atom. The molecule has 1 aromatic heterocycles. The topological polar surface area (TPSA) is 103 Å². The number of carbonyl (C=O) groups excluding carboxylic acids is 1. The van der Waals surface area contributed by atoms with Crippen LogP contribution in [0.3, 0.4) is 0 Å². The Balaban J connectivity index is 1.76. The molecule has 0 saturated carbocycles. The molecule has 2 aromatic rings. The average molecular weight is 370 g/mol. The first-order valence-corrected chi connectivity index (χ1v) is 9.91. The molecule has 0 bridgehead atoms. The van der Waals surface area contributed by atoms with Crippen molar-refractivity contribution in [3.8, 4) is 6.07 Å². The molecule has 1 amide bonds. The maximum atomic E-state index is 12.7. The summed E-state index contributed by atoms with van der Waals surface area (Å²) < 4.78 is 23.3. The first-order valence-electron chi connectivity index (χ1n) is 8.09. The lowest BCUT2D eigenvalue weighted by Crippen LogP contribution is -2.37. The SMILES string of the molecule is CN(C(=O)c1ccnc(Nc2cccc(C#N)c2)c1)C1CCS(=O)(=O)C1. The lowest BCUT2D eigenvalue weighted by molar-refractivity contribution is 0.0747. The van der Waals surface area contributed by atoms with E-state index < -0.39 is 9.84 Å². The smallest absolute Gasteiger partial charge is 0.254 e. The van der Waals surface area contributed by atoms with Gasteiger partial charge in [0.2, 0.25) is 0 Å². The molecule has 0 aliphatic carbocycles. The molecule has 3 rings (SSSR count). The fraction of sp³-hybridized carbons (Fsp3) is 0.278. The van der Waals surface area contributed by atoms with Crippen molar-refractivity contribution in [1.29, 1.82) is 5.26 Å². The highest BCUT2D eigenvalue weighted by Crippen LogP contribution is 2.21. The molecule has 1 aliphatic rings. The minimum Gasteiger partial charge on any atom is -0.340 e. The van der Waals surface area contributed by atoms with Gasteiger partial charge in [-0.25, -0.2) is 13.4 Å². The lowest BCUT2D eigenvalue weighted by atomic mass is 10.1. The van der Waals surface area contributed by atoms with E-state index >= 15 is 0 Å². The van der Waals surface area contributed by atoms with Gasteiger partial charge in [0.05, 0.1) is 23.1 Å². The predicted octanol–water partition coefficient (Wildman–Crippen LogP) is 1.96. The van der Waals surface area contributed by atoms with Crippen molar-refractivity contribution in [2.75, 3.05) is 23.9 Å². The molecule has 1 unspecified atom stereocenters. The summed E-state index contributed by atoms with van der Waals surface area (Å²) in [7, 11) is -1.43. The number of aromatic nitrogens is 1. The first-order chi connectivity index (χ1) is 12.4. The van der Waals surface area contributed by atoms with Crippen molar-refractivity contribution in [3.05, 3.63) is 53.7 Å². The van der Waals surface area contributed by atoms with Crippen LogP contribution in [0.25, 0.3) is 0 Å². The minimum atomic E-state index is -3.06. The summed E-state index contributed by atoms with van der Waals surface area (Å²) in [6, 6.07) is 11.9. The third-order valence-electron chi connectivity index (χ3n) is 4.35. The zero-order valence-corrected chi connectivity index (χ0v) is 15.0. The van der Waals surface area contributed by atoms with Gasteiger partial charge in [0.25, 0.3) is 5.91 Å². The second-order valence-electron chi connectivity index (χ2n) is 6.22. The van der Waals surface area contributed by atoms with Crippen LogP contribution < -0.4 is 5.32 Å². The summed E-state index contributed by atoms with van der Waals surface area (Å²) in [4.78, 5) is 18.4. The quantitative estimate of drug-likeness (QED) is 0.882. The standard InChI is InChI=1S/C18H18N4O3S/c1-22(16-6-8-26(24,25)12-16)18(23)14-5-7-20-17(10-14)21-15-4-2-3-13(9-15)11-19/h2-5,7,9-10,16H,6,8,12H2,1H3,(H,20,21). The van der Waals surface area contributed by atoms with Crippen LogP contribution >= 0.6 is 0 Å². The van der Waals surface area contributed by atoms with E-state index in [2.05, 4.69) is 16.4 Å². The number of carbonyl (C=O) groups is 1. The van der Waals surface area contributed by atoms with Crippen LogP contribution in [0.1, 0.15) is 22.3 Å². The van der Waals surface area contributed by atoms with Gasteiger partial charge in [0.15, 0.2) is 9.84 Å². The average Bonchev–Trinajstić information content (AvgIpc) is 3.00. The number of amides is 1. The Hall–Kier alpha value is -2.92. The number of nitrogens with zero attached hydrogens (tertiary/aromatic N) is 3. The number of anilines is 2. The van der Waals surface area contributed by atoms with E-state index in [0.29, 0.717) is 29.1 Å². The van der Waals surface area contributed by atoms with Crippen molar-refractivity contribution in [1.82, 2.24) is 9.88 Å². The van der Waals surface area contributed by atoms with Crippen LogP contribution in [0.2, 0.25) is 0 Å². The fourth-order valence-electron chi connectivity index (χ4n) is 2.90. The number of hydrogen-bond donors (Lipinski definition) is 1. The number of hydrogen-bond acceptors (Lipinski definition) is 6. The number of rotatable bonds is 4. The van der Waals surface area contributed by atoms with Crippen molar-refractivity contribution in [3.63, 3.8) is 0 Å². The van der Waals surface area contributed by atoms with Gasteiger partial charge in [-0.2, -0.15) is 5.26 Å². The zero-order chi connectivity index (χ0) is 18.7. The minimum absolute atomic E-state index is 0.00633. The first kappa shape index (κ1) is 17.9. The summed E-state index contributed by atoms with van der Waals surface area (Å²) >= 11 is 0. The molecule has 1 atom stereocenters. The van der Waals surface area contributed by atoms with Crippen molar-refractivity contribution in [2.24, 2.45) is 0 Å². The van der Waals surface area contributed by atoms with Gasteiger partial charge in [-0.1, -0.05) is 6.07 Å². The third-order valence-corrected chi connectivity index (χ3v) is 6.10. The summed E-state index contributed by atoms with van der Waals surface area (Å²) in [6.45, 7) is 0. The van der Waals surface area contributed by atoms with E-state index in [1.54, 1.807) is 43.4 Å². The number of sulfone groups is 1. The molecule has 1 saturated heterocycles. The summed E-state index contributed by atoms with van der Waals surface area (Å²) in [5.41, 5.74) is 1.63. The second-order valence-corrected chi connectivity index (χ2v) is 8.45. The highest BCUT2D eigenvalue weighted by Gasteiger charge is 2.33. The molecule has 0 spiro atoms. The van der Waals surface area contributed by atoms with Gasteiger partial charge >= 0.3 is 0 Å². The molecule has 0 radical (unpaired) electrons. The van der Waals surface area contributed by atoms with Crippen LogP contribution in [0, 0.1) is 11.3 Å². The summed E-state index contributed by atoms with van der Waals surface area (Å²) in [5.74, 6) is 0.349. The van der Waals surface area contributed by atoms with E-state index in [-0.39, 0.29) is 23.5 Å². The predicted molar refractivity (Wildman–Crippen MR) is 97.8 cm³/mol. The molecule has 7 nitrogen and oxygen atoms in total. The van der Waals surface area contributed by atoms with Crippen LogP contribution in [-0.4, -0.2) is 48.8 Å². The van der Waals surface area contributed by atoms with Gasteiger partial charge in [-0.3, -0.25) is 4.79 Å². The van der Waals surface area contributed by atoms with Gasteiger partial charge in [-0.15, -0.1) is 0 Å². The zero-order valence-electron chi connectivity index (χ0n) is 14.2. The van der Waals surface area contributed by atoms with E-state index in [0.717, 1.165) is 0 Å². The molecule has 1 aromatic carbocycles. The summed E-state index contributed by atoms with van der Waals surface area (Å²) in [5, 5.41) is 12.0. The highest BCUT2D eigenvalue weighted by atomic mass is 32.2. The second kappa shape index (κ2) is 7.14. The fourth-order valence-corrected chi connectivity index (χ4v) is 4.67. The largest absolute Gasteiger partial charge is 0.340 e.